The minimum Gasteiger partial charge on any atom is -0.453 e. The van der Waals surface area contributed by atoms with E-state index in [1.807, 2.05) is 56.4 Å². The standard InChI is InChI=1S/C19H19NO3/c1-19(2,12-6-4-3-5-7-12)16-14-10-11-20(13-8-9-13)17(21)15(14)18(22)23-16/h3-7,10-11,13,16H,8-9H2,1-2H3. The van der Waals surface area contributed by atoms with E-state index < -0.39 is 17.5 Å². The quantitative estimate of drug-likeness (QED) is 0.817. The largest absolute Gasteiger partial charge is 0.453 e. The third-order valence-corrected chi connectivity index (χ3v) is 4.98. The number of esters is 1. The summed E-state index contributed by atoms with van der Waals surface area (Å²) in [7, 11) is 0. The summed E-state index contributed by atoms with van der Waals surface area (Å²) in [6, 6.07) is 12.1. The first-order valence-corrected chi connectivity index (χ1v) is 8.01. The van der Waals surface area contributed by atoms with Crippen molar-refractivity contribution in [3.63, 3.8) is 0 Å². The van der Waals surface area contributed by atoms with Crippen molar-refractivity contribution in [3.05, 3.63) is 69.6 Å². The Bertz CT molecular complexity index is 831. The average molecular weight is 309 g/mol. The predicted molar refractivity (Wildman–Crippen MR) is 86.6 cm³/mol. The first-order valence-electron chi connectivity index (χ1n) is 8.01. The normalized spacial score (nSPS) is 20.3. The second-order valence-corrected chi connectivity index (χ2v) is 6.96. The monoisotopic (exact) mass is 309 g/mol. The van der Waals surface area contributed by atoms with Gasteiger partial charge in [0, 0.05) is 23.2 Å². The molecule has 4 rings (SSSR count). The molecule has 1 aromatic heterocycles. The van der Waals surface area contributed by atoms with E-state index in [-0.39, 0.29) is 17.2 Å². The number of carbonyl (C=O) groups excluding carboxylic acids is 1. The van der Waals surface area contributed by atoms with E-state index in [1.165, 1.54) is 0 Å². The van der Waals surface area contributed by atoms with Crippen LogP contribution in [0.1, 0.15) is 60.3 Å². The van der Waals surface area contributed by atoms with Gasteiger partial charge in [0.2, 0.25) is 0 Å². The summed E-state index contributed by atoms with van der Waals surface area (Å²) in [5, 5.41) is 0. The summed E-state index contributed by atoms with van der Waals surface area (Å²) in [4.78, 5) is 25.0. The van der Waals surface area contributed by atoms with Crippen molar-refractivity contribution in [1.82, 2.24) is 4.57 Å². The molecule has 2 heterocycles. The lowest BCUT2D eigenvalue weighted by atomic mass is 9.77. The van der Waals surface area contributed by atoms with Crippen molar-refractivity contribution in [1.29, 1.82) is 0 Å². The molecule has 118 valence electrons. The van der Waals surface area contributed by atoms with Gasteiger partial charge in [-0.05, 0) is 24.5 Å². The Labute approximate surface area is 134 Å². The van der Waals surface area contributed by atoms with Gasteiger partial charge in [-0.25, -0.2) is 4.79 Å². The van der Waals surface area contributed by atoms with Crippen LogP contribution in [0.4, 0.5) is 0 Å². The molecule has 0 N–H and O–H groups in total. The Morgan fingerprint density at radius 1 is 1.09 bits per heavy atom. The van der Waals surface area contributed by atoms with Gasteiger partial charge in [-0.2, -0.15) is 0 Å². The van der Waals surface area contributed by atoms with Crippen LogP contribution in [0.3, 0.4) is 0 Å². The molecule has 1 aliphatic carbocycles. The topological polar surface area (TPSA) is 48.3 Å². The maximum absolute atomic E-state index is 12.6. The van der Waals surface area contributed by atoms with E-state index in [1.54, 1.807) is 4.57 Å². The third-order valence-electron chi connectivity index (χ3n) is 4.98. The fourth-order valence-corrected chi connectivity index (χ4v) is 3.41. The first kappa shape index (κ1) is 14.2. The summed E-state index contributed by atoms with van der Waals surface area (Å²) in [6.45, 7) is 4.09. The van der Waals surface area contributed by atoms with Gasteiger partial charge in [-0.15, -0.1) is 0 Å². The van der Waals surface area contributed by atoms with Crippen LogP contribution in [-0.4, -0.2) is 10.5 Å². The second-order valence-electron chi connectivity index (χ2n) is 6.96. The molecule has 23 heavy (non-hydrogen) atoms. The maximum Gasteiger partial charge on any atom is 0.344 e. The zero-order chi connectivity index (χ0) is 16.2. The first-order chi connectivity index (χ1) is 11.0. The summed E-state index contributed by atoms with van der Waals surface area (Å²) < 4.78 is 7.31. The highest BCUT2D eigenvalue weighted by atomic mass is 16.6. The highest BCUT2D eigenvalue weighted by Crippen LogP contribution is 2.44. The third kappa shape index (κ3) is 2.12. The number of cyclic esters (lactones) is 1. The minimum atomic E-state index is -0.492. The molecule has 1 unspecified atom stereocenters. The van der Waals surface area contributed by atoms with Crippen molar-refractivity contribution in [3.8, 4) is 0 Å². The van der Waals surface area contributed by atoms with E-state index >= 15 is 0 Å². The number of fused-ring (bicyclic) bond motifs is 1. The number of rotatable bonds is 3. The number of carbonyl (C=O) groups is 1. The number of pyridine rings is 1. The molecule has 1 aromatic carbocycles. The van der Waals surface area contributed by atoms with Crippen molar-refractivity contribution in [2.45, 2.75) is 44.2 Å². The van der Waals surface area contributed by atoms with Gasteiger partial charge in [0.05, 0.1) is 0 Å². The number of ether oxygens (including phenoxy) is 1. The van der Waals surface area contributed by atoms with E-state index in [0.717, 1.165) is 18.4 Å². The van der Waals surface area contributed by atoms with Crippen molar-refractivity contribution in [2.24, 2.45) is 0 Å². The zero-order valence-electron chi connectivity index (χ0n) is 13.3. The Morgan fingerprint density at radius 2 is 1.78 bits per heavy atom. The maximum atomic E-state index is 12.6. The van der Waals surface area contributed by atoms with Crippen LogP contribution in [-0.2, 0) is 10.2 Å². The Hall–Kier alpha value is -2.36. The minimum absolute atomic E-state index is 0.207. The van der Waals surface area contributed by atoms with E-state index in [4.69, 9.17) is 4.74 Å². The number of nitrogens with zero attached hydrogens (tertiary/aromatic N) is 1. The highest BCUT2D eigenvalue weighted by Gasteiger charge is 2.44. The number of hydrogen-bond donors (Lipinski definition) is 0. The molecule has 0 radical (unpaired) electrons. The Balaban J connectivity index is 1.82. The van der Waals surface area contributed by atoms with Crippen molar-refractivity contribution in [2.75, 3.05) is 0 Å². The molecule has 1 saturated carbocycles. The lowest BCUT2D eigenvalue weighted by Crippen LogP contribution is -2.28. The van der Waals surface area contributed by atoms with Crippen LogP contribution in [0, 0.1) is 0 Å². The van der Waals surface area contributed by atoms with Crippen LogP contribution in [0.25, 0.3) is 0 Å². The van der Waals surface area contributed by atoms with Gasteiger partial charge < -0.3 is 9.30 Å². The zero-order valence-corrected chi connectivity index (χ0v) is 13.3. The van der Waals surface area contributed by atoms with Crippen LogP contribution < -0.4 is 5.56 Å². The van der Waals surface area contributed by atoms with Crippen molar-refractivity contribution < 1.29 is 9.53 Å². The molecule has 2 aromatic rings. The smallest absolute Gasteiger partial charge is 0.344 e. The molecular weight excluding hydrogens is 290 g/mol. The fourth-order valence-electron chi connectivity index (χ4n) is 3.41. The van der Waals surface area contributed by atoms with Crippen LogP contribution in [0.15, 0.2) is 47.4 Å². The SMILES string of the molecule is CC(C)(c1ccccc1)C1OC(=O)c2c1ccn(C1CC1)c2=O. The van der Waals surface area contributed by atoms with E-state index in [9.17, 15) is 9.59 Å². The molecule has 1 atom stereocenters. The molecule has 0 amide bonds. The summed E-state index contributed by atoms with van der Waals surface area (Å²) in [5.41, 5.74) is 1.40. The second kappa shape index (κ2) is 4.82. The molecule has 0 bridgehead atoms. The van der Waals surface area contributed by atoms with Gasteiger partial charge in [-0.3, -0.25) is 4.79 Å². The van der Waals surface area contributed by atoms with Gasteiger partial charge in [0.25, 0.3) is 5.56 Å². The number of hydrogen-bond acceptors (Lipinski definition) is 3. The predicted octanol–water partition coefficient (Wildman–Crippen LogP) is 3.37. The van der Waals surface area contributed by atoms with Gasteiger partial charge in [0.1, 0.15) is 11.7 Å². The summed E-state index contributed by atoms with van der Waals surface area (Å²) in [5.74, 6) is -0.492. The van der Waals surface area contributed by atoms with Crippen molar-refractivity contribution >= 4 is 5.97 Å². The molecule has 4 heteroatoms. The molecule has 0 saturated heterocycles. The Morgan fingerprint density at radius 3 is 2.43 bits per heavy atom. The summed E-state index contributed by atoms with van der Waals surface area (Å²) in [6.07, 6.45) is 3.39. The molecule has 4 nitrogen and oxygen atoms in total. The van der Waals surface area contributed by atoms with E-state index in [0.29, 0.717) is 5.56 Å². The molecule has 1 fully saturated rings. The van der Waals surface area contributed by atoms with Crippen LogP contribution in [0.5, 0.6) is 0 Å². The average Bonchev–Trinajstić information content (AvgIpc) is 3.32. The summed E-state index contributed by atoms with van der Waals surface area (Å²) >= 11 is 0. The van der Waals surface area contributed by atoms with E-state index in [2.05, 4.69) is 0 Å². The molecule has 2 aliphatic rings. The lowest BCUT2D eigenvalue weighted by molar-refractivity contribution is 0.0209. The van der Waals surface area contributed by atoms with Crippen LogP contribution in [0.2, 0.25) is 0 Å². The molecule has 1 aliphatic heterocycles. The lowest BCUT2D eigenvalue weighted by Gasteiger charge is -2.31. The number of benzene rings is 1. The molecular formula is C19H19NO3. The van der Waals surface area contributed by atoms with Gasteiger partial charge in [0.15, 0.2) is 0 Å². The van der Waals surface area contributed by atoms with Crippen LogP contribution >= 0.6 is 0 Å². The Kier molecular flexibility index (Phi) is 2.98. The molecule has 0 spiro atoms. The highest BCUT2D eigenvalue weighted by molar-refractivity contribution is 5.93. The fraction of sp³-hybridized carbons (Fsp3) is 0.368. The van der Waals surface area contributed by atoms with Gasteiger partial charge in [-0.1, -0.05) is 44.2 Å². The van der Waals surface area contributed by atoms with Gasteiger partial charge >= 0.3 is 5.97 Å². The number of aromatic nitrogens is 1.